The zero-order valence-corrected chi connectivity index (χ0v) is 80.0. The number of nitrogens with one attached hydrogen (secondary N) is 12. The molecule has 7 heterocycles. The number of aliphatic carboxylic acids is 5. The molecule has 3 fully saturated rings. The Labute approximate surface area is 828 Å². The molecule has 2 aliphatic carbocycles. The average molecular weight is 2030 g/mol. The standard InChI is InChI=1S/C91H110N26O25S2/c1-4-65-85(134)113(2)67-43-98-90(109-76(67)117(65)54-13-5-6-14-54)106-57-26-19-49(37-68(57)140-3)63-45-116(112-111-63)53-24-22-52(23-25-53)114(32-34-141-33-8-7-11-47-12-9-15-55-56(47)44-115(84(55)133)66-28-30-70(119)107-82(66)131)91(139)142-35-36-143-144-46-64(87(137)138)105-81(130)62(40-73(124)125)104-80(129)61(39-72(122)123)103-78(127)58(16-10-31-95-88(92)93)101-79(128)60(38-71(120)121)100-69(118)29-27-59(86(135)136)102-77(126)48-17-20-50(21-18-48)96-41-51-42-97-75-74(99-51)83(132)110-89(94)108-75/h9,12,15,17-21,26,37,42-43,45,52-54,58-62,64-66,96H,4-6,8,10,13-14,16,22-25,27-36,38-41,44,46H2,1-3H3,(H,100,118)(H,101,128)(H,102,126)(H,103,127)(H,104,129)(H,105,130)(H,120,121)(H,122,123)(H,124,125)(H,135,136)(H,137,138)(H4,92,93,95)(H,98,106,109)(H,107,119,131)(H3,94,97,108,110,132)/t52?,53?,58?,59?,60-,61-,62-,64-,65+,66?/m0/s1. The van der Waals surface area contributed by atoms with Crippen LogP contribution >= 0.6 is 21.6 Å². The third-order valence-electron chi connectivity index (χ3n) is 24.4. The summed E-state index contributed by atoms with van der Waals surface area (Å²) in [5.74, 6) is -10.8. The van der Waals surface area contributed by atoms with E-state index in [2.05, 4.69) is 99.8 Å². The van der Waals surface area contributed by atoms with Crippen molar-refractivity contribution in [2.75, 3.05) is 84.7 Å². The summed E-state index contributed by atoms with van der Waals surface area (Å²) in [5.41, 5.74) is 15.2. The molecule has 0 radical (unpaired) electrons. The number of aromatic nitrogens is 9. The van der Waals surface area contributed by atoms with Crippen LogP contribution in [0.4, 0.5) is 39.6 Å². The van der Waals surface area contributed by atoms with Crippen molar-refractivity contribution in [2.24, 2.45) is 5.73 Å². The first-order chi connectivity index (χ1) is 69.0. The number of aromatic amines is 1. The fourth-order valence-electron chi connectivity index (χ4n) is 17.1. The fraction of sp³-hybridized carbons (Fsp3) is 0.462. The SMILES string of the molecule is CC[C@@H]1C(=O)N(C)c2cnc(Nc3ccc(-c4cn(C5CCC(N(CCOCCC#Cc6cccc7c6CN(C6CCC(=O)NC6=O)C7=O)C(=O)OCCSSC[C@H](NC(=O)[C@H](CC(=O)O)NC(=O)[C@H](CC(=O)O)NC(=O)C(CCCNC(=N)N)NC(=O)[C@H](CC(=O)O)NC(=O)CCC(NC(=O)c6ccc(NCc7cnc8nc(N)[nH]c(=O)c8n7)cc6)C(=O)O)C(=O)O)CC5)nn4)cc3OC)nc2N1C1CCCC1. The molecule has 11 amide bonds. The number of carboxylic acid groups (broad SMARTS) is 5. The maximum atomic E-state index is 14.3. The molecule has 51 nitrogen and oxygen atoms in total. The van der Waals surface area contributed by atoms with Gasteiger partial charge in [0.15, 0.2) is 22.9 Å². The topological polar surface area (TPSA) is 739 Å². The van der Waals surface area contributed by atoms with Crippen molar-refractivity contribution in [1.82, 2.24) is 97.2 Å². The van der Waals surface area contributed by atoms with Crippen LogP contribution in [0.3, 0.4) is 0 Å². The fourth-order valence-corrected chi connectivity index (χ4v) is 19.1. The molecule has 766 valence electrons. The lowest BCUT2D eigenvalue weighted by Gasteiger charge is -2.43. The number of rotatable bonds is 49. The molecule has 1 saturated heterocycles. The molecule has 2 saturated carbocycles. The second-order valence-electron chi connectivity index (χ2n) is 34.3. The highest BCUT2D eigenvalue weighted by molar-refractivity contribution is 8.76. The molecule has 3 aliphatic heterocycles. The molecule has 8 atom stereocenters. The second kappa shape index (κ2) is 50.5. The van der Waals surface area contributed by atoms with Gasteiger partial charge in [-0.1, -0.05) is 70.5 Å². The highest BCUT2D eigenvalue weighted by atomic mass is 33.1. The number of H-pyrrole nitrogens is 1. The second-order valence-corrected chi connectivity index (χ2v) is 36.9. The summed E-state index contributed by atoms with van der Waals surface area (Å²) in [6.45, 7) is 2.05. The molecule has 7 aromatic rings. The monoisotopic (exact) mass is 2030 g/mol. The van der Waals surface area contributed by atoms with E-state index in [4.69, 9.17) is 36.1 Å². The van der Waals surface area contributed by atoms with Gasteiger partial charge in [0.05, 0.1) is 82.1 Å². The molecule has 12 rings (SSSR count). The molecule has 21 N–H and O–H groups in total. The van der Waals surface area contributed by atoms with E-state index in [1.807, 2.05) is 36.6 Å². The molecule has 4 aromatic heterocycles. The quantitative estimate of drug-likeness (QED) is 0.00643. The number of hydrogen-bond acceptors (Lipinski definition) is 34. The van der Waals surface area contributed by atoms with Gasteiger partial charge in [0.2, 0.25) is 59.2 Å². The summed E-state index contributed by atoms with van der Waals surface area (Å²) >= 11 is 0. The van der Waals surface area contributed by atoms with E-state index in [1.54, 1.807) is 53.0 Å². The van der Waals surface area contributed by atoms with Crippen molar-refractivity contribution in [1.29, 1.82) is 5.41 Å². The Morgan fingerprint density at radius 2 is 1.40 bits per heavy atom. The largest absolute Gasteiger partial charge is 0.495 e. The summed E-state index contributed by atoms with van der Waals surface area (Å²) in [5, 5.41) is 90.9. The number of benzene rings is 3. The van der Waals surface area contributed by atoms with Crippen molar-refractivity contribution in [3.63, 3.8) is 0 Å². The van der Waals surface area contributed by atoms with Crippen LogP contribution in [0, 0.1) is 17.3 Å². The van der Waals surface area contributed by atoms with Crippen LogP contribution in [-0.2, 0) is 84.9 Å². The van der Waals surface area contributed by atoms with E-state index in [1.165, 1.54) is 35.4 Å². The Morgan fingerprint density at radius 3 is 2.06 bits per heavy atom. The van der Waals surface area contributed by atoms with Crippen molar-refractivity contribution < 1.29 is 116 Å². The third kappa shape index (κ3) is 28.7. The van der Waals surface area contributed by atoms with Gasteiger partial charge in [0.1, 0.15) is 72.1 Å². The molecule has 0 spiro atoms. The molecule has 3 aromatic carbocycles. The van der Waals surface area contributed by atoms with Gasteiger partial charge in [0.25, 0.3) is 17.4 Å². The maximum Gasteiger partial charge on any atom is 0.410 e. The van der Waals surface area contributed by atoms with Crippen LogP contribution < -0.4 is 84.7 Å². The number of hydrogen-bond donors (Lipinski definition) is 19. The van der Waals surface area contributed by atoms with Crippen LogP contribution in [0.25, 0.3) is 22.4 Å². The van der Waals surface area contributed by atoms with Crippen LogP contribution in [-0.4, -0.2) is 300 Å². The first-order valence-corrected chi connectivity index (χ1v) is 48.7. The number of fused-ring (bicyclic) bond motifs is 3. The lowest BCUT2D eigenvalue weighted by molar-refractivity contribution is -0.144. The molecule has 3 unspecified atom stereocenters. The van der Waals surface area contributed by atoms with E-state index < -0.39 is 181 Å². The predicted molar refractivity (Wildman–Crippen MR) is 516 cm³/mol. The number of carboxylic acids is 5. The van der Waals surface area contributed by atoms with Crippen LogP contribution in [0.2, 0.25) is 0 Å². The molecule has 5 aliphatic rings. The smallest absolute Gasteiger partial charge is 0.410 e. The molecular weight excluding hydrogens is 1920 g/mol. The first kappa shape index (κ1) is 107. The number of ether oxygens (including phenoxy) is 3. The van der Waals surface area contributed by atoms with Gasteiger partial charge in [-0.25, -0.2) is 34.0 Å². The van der Waals surface area contributed by atoms with Crippen LogP contribution in [0.15, 0.2) is 84.0 Å². The molecule has 53 heteroatoms. The summed E-state index contributed by atoms with van der Waals surface area (Å²) < 4.78 is 19.6. The Bertz CT molecular complexity index is 6130. The zero-order chi connectivity index (χ0) is 104. The molecule has 144 heavy (non-hydrogen) atoms. The number of amides is 11. The van der Waals surface area contributed by atoms with Gasteiger partial charge in [-0.3, -0.25) is 82.8 Å². The van der Waals surface area contributed by atoms with E-state index in [0.29, 0.717) is 100 Å². The minimum atomic E-state index is -2.22. The van der Waals surface area contributed by atoms with Crippen LogP contribution in [0.5, 0.6) is 5.75 Å². The van der Waals surface area contributed by atoms with E-state index in [0.717, 1.165) is 47.3 Å². The Morgan fingerprint density at radius 1 is 0.722 bits per heavy atom. The minimum absolute atomic E-state index is 0.000779. The lowest BCUT2D eigenvalue weighted by atomic mass is 9.90. The Hall–Kier alpha value is -15.9. The van der Waals surface area contributed by atoms with Crippen molar-refractivity contribution in [3.05, 3.63) is 118 Å². The number of carbonyl (C=O) groups excluding carboxylic acids is 11. The number of nitrogen functional groups attached to an aromatic ring is 1. The lowest BCUT2D eigenvalue weighted by Crippen LogP contribution is -2.59. The molecule has 0 bridgehead atoms. The number of carbonyl (C=O) groups is 16. The maximum absolute atomic E-state index is 14.3. The number of imide groups is 1. The number of piperidine rings is 1. The zero-order valence-electron chi connectivity index (χ0n) is 78.4. The van der Waals surface area contributed by atoms with E-state index >= 15 is 0 Å². The number of anilines is 6. The highest BCUT2D eigenvalue weighted by Gasteiger charge is 2.44. The summed E-state index contributed by atoms with van der Waals surface area (Å²) in [6.07, 6.45) is 5.74. The predicted octanol–water partition coefficient (Wildman–Crippen LogP) is 1.59. The van der Waals surface area contributed by atoms with Crippen molar-refractivity contribution >= 4 is 168 Å². The summed E-state index contributed by atoms with van der Waals surface area (Å²) in [4.78, 5) is 254. The average Bonchev–Trinajstić information content (AvgIpc) is 1.13. The van der Waals surface area contributed by atoms with E-state index in [-0.39, 0.29) is 136 Å². The van der Waals surface area contributed by atoms with Gasteiger partial charge in [-0.2, -0.15) is 9.97 Å². The normalized spacial score (nSPS) is 17.2. The van der Waals surface area contributed by atoms with Gasteiger partial charge < -0.3 is 119 Å². The van der Waals surface area contributed by atoms with Crippen molar-refractivity contribution in [3.8, 4) is 28.8 Å². The third-order valence-corrected chi connectivity index (χ3v) is 26.8. The number of nitrogens with two attached hydrogens (primary N) is 2. The Balaban J connectivity index is 0.634. The number of guanidine groups is 1. The van der Waals surface area contributed by atoms with Gasteiger partial charge in [0, 0.05) is 97.5 Å². The van der Waals surface area contributed by atoms with Gasteiger partial charge >= 0.3 is 35.9 Å². The number of nitrogens with zero attached hydrogens (tertiary/aromatic N) is 12. The van der Waals surface area contributed by atoms with Gasteiger partial charge in [-0.15, -0.1) is 5.10 Å². The van der Waals surface area contributed by atoms with Crippen molar-refractivity contribution in [2.45, 2.75) is 208 Å². The summed E-state index contributed by atoms with van der Waals surface area (Å²) in [6, 6.07) is 2.92. The number of methoxy groups -OCH3 is 1. The van der Waals surface area contributed by atoms with E-state index in [9.17, 15) is 107 Å². The van der Waals surface area contributed by atoms with Crippen LogP contribution in [0.1, 0.15) is 172 Å². The highest BCUT2D eigenvalue weighted by Crippen LogP contribution is 2.42. The molecular formula is C91H110N26O25S2. The van der Waals surface area contributed by atoms with Gasteiger partial charge in [-0.05, 0) is 125 Å². The minimum Gasteiger partial charge on any atom is -0.495 e. The first-order valence-electron chi connectivity index (χ1n) is 46.2. The number of likely N-dealkylation sites (N-methyl/N-ethyl adjacent to an activating group) is 1. The Kier molecular flexibility index (Phi) is 37.5. The summed E-state index contributed by atoms with van der Waals surface area (Å²) in [7, 11) is 5.20.